The summed E-state index contributed by atoms with van der Waals surface area (Å²) in [6.07, 6.45) is 0. The van der Waals surface area contributed by atoms with Crippen molar-refractivity contribution >= 4 is 17.7 Å². The number of rotatable bonds is 5. The predicted molar refractivity (Wildman–Crippen MR) is 71.8 cm³/mol. The molecule has 1 aromatic carbocycles. The Balaban J connectivity index is 2.12. The summed E-state index contributed by atoms with van der Waals surface area (Å²) in [4.78, 5) is 13.7. The van der Waals surface area contributed by atoms with Crippen LogP contribution in [-0.4, -0.2) is 43.9 Å². The molecule has 5 heteroatoms. The third kappa shape index (κ3) is 2.79. The van der Waals surface area contributed by atoms with Crippen LogP contribution < -0.4 is 4.74 Å². The zero-order valence-electron chi connectivity index (χ0n) is 10.6. The maximum atomic E-state index is 11.8. The van der Waals surface area contributed by atoms with Gasteiger partial charge in [-0.15, -0.1) is 11.8 Å². The lowest BCUT2D eigenvalue weighted by molar-refractivity contribution is -0.128. The van der Waals surface area contributed by atoms with Crippen molar-refractivity contribution in [2.24, 2.45) is 0 Å². The molecule has 0 aromatic heterocycles. The molecular weight excluding hydrogens is 250 g/mol. The highest BCUT2D eigenvalue weighted by Gasteiger charge is 2.32. The van der Waals surface area contributed by atoms with E-state index in [0.717, 1.165) is 11.3 Å². The molecule has 1 amide bonds. The molecule has 0 aliphatic carbocycles. The minimum absolute atomic E-state index is 0.0959. The van der Waals surface area contributed by atoms with E-state index < -0.39 is 0 Å². The van der Waals surface area contributed by atoms with Gasteiger partial charge in [0.25, 0.3) is 0 Å². The summed E-state index contributed by atoms with van der Waals surface area (Å²) in [5, 5.41) is 0.0959. The van der Waals surface area contributed by atoms with Crippen molar-refractivity contribution in [2.75, 3.05) is 33.1 Å². The lowest BCUT2D eigenvalue weighted by atomic mass is 10.2. The summed E-state index contributed by atoms with van der Waals surface area (Å²) in [5.74, 6) is 1.55. The monoisotopic (exact) mass is 267 g/mol. The fourth-order valence-electron chi connectivity index (χ4n) is 1.93. The van der Waals surface area contributed by atoms with Gasteiger partial charge in [0.1, 0.15) is 11.1 Å². The van der Waals surface area contributed by atoms with E-state index in [9.17, 15) is 4.79 Å². The molecule has 1 aliphatic rings. The Morgan fingerprint density at radius 1 is 1.33 bits per heavy atom. The van der Waals surface area contributed by atoms with Gasteiger partial charge in [-0.05, 0) is 17.7 Å². The average Bonchev–Trinajstić information content (AvgIpc) is 2.78. The second-order valence-corrected chi connectivity index (χ2v) is 5.08. The van der Waals surface area contributed by atoms with Crippen LogP contribution in [0.4, 0.5) is 0 Å². The van der Waals surface area contributed by atoms with Crippen molar-refractivity contribution in [3.63, 3.8) is 0 Å². The van der Waals surface area contributed by atoms with Crippen LogP contribution in [0.3, 0.4) is 0 Å². The highest BCUT2D eigenvalue weighted by atomic mass is 32.2. The van der Waals surface area contributed by atoms with Crippen molar-refractivity contribution < 1.29 is 14.3 Å². The van der Waals surface area contributed by atoms with E-state index >= 15 is 0 Å². The largest absolute Gasteiger partial charge is 0.497 e. The number of hydrogen-bond acceptors (Lipinski definition) is 4. The lowest BCUT2D eigenvalue weighted by Crippen LogP contribution is -2.31. The summed E-state index contributed by atoms with van der Waals surface area (Å²) in [6, 6.07) is 7.87. The smallest absolute Gasteiger partial charge is 0.233 e. The molecule has 0 N–H and O–H groups in total. The molecule has 1 saturated heterocycles. The molecule has 1 fully saturated rings. The fourth-order valence-corrected chi connectivity index (χ4v) is 3.15. The zero-order chi connectivity index (χ0) is 13.0. The number of carbonyl (C=O) groups is 1. The number of benzene rings is 1. The first kappa shape index (κ1) is 13.2. The molecule has 1 aliphatic heterocycles. The molecule has 0 bridgehead atoms. The Morgan fingerprint density at radius 3 is 2.67 bits per heavy atom. The maximum Gasteiger partial charge on any atom is 0.233 e. The summed E-state index contributed by atoms with van der Waals surface area (Å²) in [6.45, 7) is 1.21. The molecular formula is C13H17NO3S. The van der Waals surface area contributed by atoms with E-state index in [-0.39, 0.29) is 11.3 Å². The van der Waals surface area contributed by atoms with Gasteiger partial charge in [0.05, 0.1) is 19.5 Å². The Hall–Kier alpha value is -1.20. The van der Waals surface area contributed by atoms with Crippen LogP contribution in [0.1, 0.15) is 10.9 Å². The zero-order valence-corrected chi connectivity index (χ0v) is 11.4. The van der Waals surface area contributed by atoms with E-state index in [1.807, 2.05) is 29.2 Å². The number of methoxy groups -OCH3 is 2. The van der Waals surface area contributed by atoms with Crippen LogP contribution in [0, 0.1) is 0 Å². The molecule has 1 aromatic rings. The quantitative estimate of drug-likeness (QED) is 0.817. The van der Waals surface area contributed by atoms with Crippen molar-refractivity contribution in [3.8, 4) is 5.75 Å². The van der Waals surface area contributed by atoms with Gasteiger partial charge in [-0.3, -0.25) is 4.79 Å². The summed E-state index contributed by atoms with van der Waals surface area (Å²) in [7, 11) is 3.30. The second kappa shape index (κ2) is 6.11. The lowest BCUT2D eigenvalue weighted by Gasteiger charge is -2.23. The maximum absolute atomic E-state index is 11.8. The van der Waals surface area contributed by atoms with Crippen LogP contribution in [-0.2, 0) is 9.53 Å². The summed E-state index contributed by atoms with van der Waals surface area (Å²) < 4.78 is 10.2. The van der Waals surface area contributed by atoms with Crippen LogP contribution in [0.25, 0.3) is 0 Å². The Bertz CT molecular complexity index is 407. The Kier molecular flexibility index (Phi) is 4.49. The van der Waals surface area contributed by atoms with Crippen molar-refractivity contribution in [1.29, 1.82) is 0 Å². The number of amides is 1. The van der Waals surface area contributed by atoms with Gasteiger partial charge in [-0.2, -0.15) is 0 Å². The van der Waals surface area contributed by atoms with Crippen molar-refractivity contribution in [1.82, 2.24) is 4.90 Å². The molecule has 0 unspecified atom stereocenters. The van der Waals surface area contributed by atoms with Gasteiger partial charge in [-0.1, -0.05) is 12.1 Å². The minimum Gasteiger partial charge on any atom is -0.497 e. The van der Waals surface area contributed by atoms with Gasteiger partial charge < -0.3 is 14.4 Å². The molecule has 0 spiro atoms. The van der Waals surface area contributed by atoms with Gasteiger partial charge in [0.15, 0.2) is 0 Å². The molecule has 2 rings (SSSR count). The van der Waals surface area contributed by atoms with Gasteiger partial charge in [0, 0.05) is 13.7 Å². The van der Waals surface area contributed by atoms with E-state index in [1.54, 1.807) is 26.0 Å². The molecule has 4 nitrogen and oxygen atoms in total. The van der Waals surface area contributed by atoms with Crippen LogP contribution in [0.15, 0.2) is 24.3 Å². The Labute approximate surface area is 111 Å². The van der Waals surface area contributed by atoms with E-state index in [0.29, 0.717) is 18.9 Å². The number of ether oxygens (including phenoxy) is 2. The first-order valence-electron chi connectivity index (χ1n) is 5.80. The van der Waals surface area contributed by atoms with Crippen LogP contribution >= 0.6 is 11.8 Å². The number of nitrogens with zero attached hydrogens (tertiary/aromatic N) is 1. The average molecular weight is 267 g/mol. The van der Waals surface area contributed by atoms with Crippen molar-refractivity contribution in [3.05, 3.63) is 29.8 Å². The number of carbonyl (C=O) groups excluding carboxylic acids is 1. The van der Waals surface area contributed by atoms with E-state index in [4.69, 9.17) is 9.47 Å². The van der Waals surface area contributed by atoms with Crippen molar-refractivity contribution in [2.45, 2.75) is 5.37 Å². The van der Waals surface area contributed by atoms with Gasteiger partial charge in [0.2, 0.25) is 5.91 Å². The van der Waals surface area contributed by atoms with Crippen LogP contribution in [0.2, 0.25) is 0 Å². The normalized spacial score (nSPS) is 19.3. The van der Waals surface area contributed by atoms with E-state index in [2.05, 4.69) is 0 Å². The highest BCUT2D eigenvalue weighted by molar-refractivity contribution is 8.00. The topological polar surface area (TPSA) is 38.8 Å². The summed E-state index contributed by atoms with van der Waals surface area (Å²) in [5.41, 5.74) is 1.13. The molecule has 0 saturated carbocycles. The first-order chi connectivity index (χ1) is 8.76. The highest BCUT2D eigenvalue weighted by Crippen LogP contribution is 2.38. The molecule has 1 heterocycles. The van der Waals surface area contributed by atoms with E-state index in [1.165, 1.54) is 0 Å². The fraction of sp³-hybridized carbons (Fsp3) is 0.462. The molecule has 98 valence electrons. The molecule has 0 radical (unpaired) electrons. The standard InChI is InChI=1S/C13H17NO3S/c1-16-8-7-14-12(15)9-18-13(14)10-3-5-11(17-2)6-4-10/h3-6,13H,7-9H2,1-2H3/t13-/m0/s1. The SMILES string of the molecule is COCCN1C(=O)CS[C@H]1c1ccc(OC)cc1. The minimum atomic E-state index is 0.0959. The third-order valence-electron chi connectivity index (χ3n) is 2.91. The van der Waals surface area contributed by atoms with Crippen LogP contribution in [0.5, 0.6) is 5.75 Å². The summed E-state index contributed by atoms with van der Waals surface area (Å²) >= 11 is 1.66. The number of thioether (sulfide) groups is 1. The molecule has 18 heavy (non-hydrogen) atoms. The van der Waals surface area contributed by atoms with Gasteiger partial charge in [-0.25, -0.2) is 0 Å². The van der Waals surface area contributed by atoms with Gasteiger partial charge >= 0.3 is 0 Å². The predicted octanol–water partition coefficient (Wildman–Crippen LogP) is 1.92. The number of hydrogen-bond donors (Lipinski definition) is 0. The second-order valence-electron chi connectivity index (χ2n) is 4.02. The first-order valence-corrected chi connectivity index (χ1v) is 6.85. The third-order valence-corrected chi connectivity index (χ3v) is 4.16. The molecule has 1 atom stereocenters. The Morgan fingerprint density at radius 2 is 2.06 bits per heavy atom.